The van der Waals surface area contributed by atoms with Crippen LogP contribution in [0.25, 0.3) is 23.1 Å². The molecule has 5 rings (SSSR count). The van der Waals surface area contributed by atoms with E-state index in [0.717, 1.165) is 40.6 Å². The summed E-state index contributed by atoms with van der Waals surface area (Å²) in [5.74, 6) is -0.106. The van der Waals surface area contributed by atoms with Crippen LogP contribution in [0.15, 0.2) is 72.8 Å². The second kappa shape index (κ2) is 11.4. The molecule has 0 aliphatic heterocycles. The summed E-state index contributed by atoms with van der Waals surface area (Å²) in [5, 5.41) is 10.4. The largest absolute Gasteiger partial charge is 0.497 e. The fourth-order valence-corrected chi connectivity index (χ4v) is 4.12. The van der Waals surface area contributed by atoms with Gasteiger partial charge in [0.15, 0.2) is 0 Å². The Hall–Kier alpha value is -4.23. The molecular weight excluding hydrogens is 485 g/mol. The highest BCUT2D eigenvalue weighted by atomic mass is 19.1. The molecule has 0 radical (unpaired) electrons. The van der Waals surface area contributed by atoms with E-state index in [1.807, 2.05) is 48.6 Å². The number of hydrogen-bond acceptors (Lipinski definition) is 5. The number of benzene rings is 3. The fourth-order valence-electron chi connectivity index (χ4n) is 4.12. The Labute approximate surface area is 220 Å². The summed E-state index contributed by atoms with van der Waals surface area (Å²) >= 11 is 0. The van der Waals surface area contributed by atoms with Gasteiger partial charge in [-0.05, 0) is 84.5 Å². The smallest absolute Gasteiger partial charge is 0.339 e. The van der Waals surface area contributed by atoms with E-state index in [0.29, 0.717) is 18.3 Å². The van der Waals surface area contributed by atoms with E-state index in [1.165, 1.54) is 25.3 Å². The van der Waals surface area contributed by atoms with E-state index >= 15 is 0 Å². The van der Waals surface area contributed by atoms with Gasteiger partial charge < -0.3 is 19.3 Å². The molecule has 1 aliphatic rings. The van der Waals surface area contributed by atoms with Crippen molar-refractivity contribution < 1.29 is 28.5 Å². The van der Waals surface area contributed by atoms with Crippen LogP contribution in [0.4, 0.5) is 4.39 Å². The Kier molecular flexibility index (Phi) is 7.65. The second-order valence-electron chi connectivity index (χ2n) is 9.32. The summed E-state index contributed by atoms with van der Waals surface area (Å²) < 4.78 is 30.8. The Bertz CT molecular complexity index is 1480. The number of ether oxygens (including phenoxy) is 3. The van der Waals surface area contributed by atoms with Gasteiger partial charge in [0.1, 0.15) is 35.6 Å². The quantitative estimate of drug-likeness (QED) is 0.238. The zero-order chi connectivity index (χ0) is 26.5. The fraction of sp³-hybridized carbons (Fsp3) is 0.226. The average molecular weight is 514 g/mol. The summed E-state index contributed by atoms with van der Waals surface area (Å²) in [7, 11) is 1.49. The third-order valence-corrected chi connectivity index (χ3v) is 6.44. The van der Waals surface area contributed by atoms with Crippen LogP contribution < -0.4 is 9.47 Å². The topological polar surface area (TPSA) is 77.9 Å². The first-order chi connectivity index (χ1) is 18.5. The summed E-state index contributed by atoms with van der Waals surface area (Å²) in [5.41, 5.74) is 3.42. The SMILES string of the molecule is COc1ccc(OCC(OCC2CC2)c2cccc(/C=C/c3ccc4cc(F)ccc4n3)c2)c(C(=O)O)c1. The van der Waals surface area contributed by atoms with Gasteiger partial charge in [-0.2, -0.15) is 0 Å². The van der Waals surface area contributed by atoms with Crippen LogP contribution in [-0.4, -0.2) is 36.4 Å². The number of carbonyl (C=O) groups is 1. The summed E-state index contributed by atoms with van der Waals surface area (Å²) in [6, 6.07) is 20.9. The van der Waals surface area contributed by atoms with Gasteiger partial charge >= 0.3 is 5.97 Å². The molecule has 1 aliphatic carbocycles. The van der Waals surface area contributed by atoms with E-state index < -0.39 is 5.97 Å². The van der Waals surface area contributed by atoms with Crippen LogP contribution in [0.3, 0.4) is 0 Å². The van der Waals surface area contributed by atoms with Crippen LogP contribution in [0.2, 0.25) is 0 Å². The third-order valence-electron chi connectivity index (χ3n) is 6.44. The summed E-state index contributed by atoms with van der Waals surface area (Å²) in [4.78, 5) is 16.3. The van der Waals surface area contributed by atoms with E-state index in [2.05, 4.69) is 4.98 Å². The molecule has 1 fully saturated rings. The first-order valence-electron chi connectivity index (χ1n) is 12.5. The number of hydrogen-bond donors (Lipinski definition) is 1. The van der Waals surface area contributed by atoms with Crippen LogP contribution >= 0.6 is 0 Å². The van der Waals surface area contributed by atoms with Crippen LogP contribution in [0.1, 0.15) is 46.1 Å². The van der Waals surface area contributed by atoms with E-state index in [9.17, 15) is 14.3 Å². The van der Waals surface area contributed by atoms with E-state index in [4.69, 9.17) is 14.2 Å². The maximum Gasteiger partial charge on any atom is 0.339 e. The monoisotopic (exact) mass is 513 g/mol. The van der Waals surface area contributed by atoms with Crippen molar-refractivity contribution in [1.29, 1.82) is 0 Å². The van der Waals surface area contributed by atoms with Gasteiger partial charge in [-0.15, -0.1) is 0 Å². The molecule has 0 spiro atoms. The van der Waals surface area contributed by atoms with Gasteiger partial charge in [-0.3, -0.25) is 0 Å². The Morgan fingerprint density at radius 1 is 1.08 bits per heavy atom. The lowest BCUT2D eigenvalue weighted by molar-refractivity contribution is 0.0128. The minimum Gasteiger partial charge on any atom is -0.497 e. The molecule has 1 atom stereocenters. The summed E-state index contributed by atoms with van der Waals surface area (Å²) in [6.45, 7) is 0.791. The van der Waals surface area contributed by atoms with Crippen molar-refractivity contribution in [3.63, 3.8) is 0 Å². The Morgan fingerprint density at radius 3 is 2.74 bits per heavy atom. The number of rotatable bonds is 11. The molecule has 194 valence electrons. The Morgan fingerprint density at radius 2 is 1.95 bits per heavy atom. The first-order valence-corrected chi connectivity index (χ1v) is 12.5. The third kappa shape index (κ3) is 6.36. The van der Waals surface area contributed by atoms with Gasteiger partial charge in [0.2, 0.25) is 0 Å². The number of pyridine rings is 1. The van der Waals surface area contributed by atoms with Crippen LogP contribution in [0, 0.1) is 11.7 Å². The second-order valence-corrected chi connectivity index (χ2v) is 9.32. The summed E-state index contributed by atoms with van der Waals surface area (Å²) in [6.07, 6.45) is 5.81. The molecule has 7 heteroatoms. The van der Waals surface area contributed by atoms with Gasteiger partial charge in [0.25, 0.3) is 0 Å². The molecule has 1 aromatic heterocycles. The van der Waals surface area contributed by atoms with Gasteiger partial charge in [-0.1, -0.05) is 30.3 Å². The molecular formula is C31H28FNO5. The van der Waals surface area contributed by atoms with Gasteiger partial charge in [0.05, 0.1) is 24.9 Å². The maximum atomic E-state index is 13.5. The molecule has 4 aromatic rings. The number of aromatic carboxylic acids is 1. The van der Waals surface area contributed by atoms with Crippen LogP contribution in [0.5, 0.6) is 11.5 Å². The minimum atomic E-state index is -1.09. The zero-order valence-electron chi connectivity index (χ0n) is 21.0. The number of methoxy groups -OCH3 is 1. The highest BCUT2D eigenvalue weighted by molar-refractivity contribution is 5.91. The van der Waals surface area contributed by atoms with E-state index in [-0.39, 0.29) is 29.8 Å². The van der Waals surface area contributed by atoms with Gasteiger partial charge in [-0.25, -0.2) is 14.2 Å². The standard InChI is InChI=1S/C31H28FNO5/c1-36-26-12-14-29(27(17-26)31(34)35)38-19-30(37-18-21-5-6-21)23-4-2-3-20(15-23)7-10-25-11-8-22-16-24(32)9-13-28(22)33-25/h2-4,7-17,21,30H,5-6,18-19H2,1H3,(H,34,35)/b10-7+. The number of fused-ring (bicyclic) bond motifs is 1. The molecule has 1 N–H and O–H groups in total. The average Bonchev–Trinajstić information content (AvgIpc) is 3.76. The van der Waals surface area contributed by atoms with Crippen molar-refractivity contribution >= 4 is 29.0 Å². The molecule has 1 unspecified atom stereocenters. The molecule has 3 aromatic carbocycles. The highest BCUT2D eigenvalue weighted by Crippen LogP contribution is 2.32. The number of halogens is 1. The zero-order valence-corrected chi connectivity index (χ0v) is 21.0. The van der Waals surface area contributed by atoms with Crippen molar-refractivity contribution in [3.8, 4) is 11.5 Å². The highest BCUT2D eigenvalue weighted by Gasteiger charge is 2.25. The maximum absolute atomic E-state index is 13.5. The van der Waals surface area contributed by atoms with Crippen molar-refractivity contribution in [2.75, 3.05) is 20.3 Å². The molecule has 1 heterocycles. The predicted molar refractivity (Wildman–Crippen MR) is 144 cm³/mol. The van der Waals surface area contributed by atoms with Gasteiger partial charge in [0, 0.05) is 5.39 Å². The van der Waals surface area contributed by atoms with E-state index in [1.54, 1.807) is 18.2 Å². The van der Waals surface area contributed by atoms with Crippen molar-refractivity contribution in [2.24, 2.45) is 5.92 Å². The lowest BCUT2D eigenvalue weighted by atomic mass is 10.1. The normalized spacial score (nSPS) is 14.1. The Balaban J connectivity index is 1.34. The lowest BCUT2D eigenvalue weighted by Gasteiger charge is -2.20. The number of nitrogens with zero attached hydrogens (tertiary/aromatic N) is 1. The molecule has 0 amide bonds. The minimum absolute atomic E-state index is 0.0348. The number of carboxylic acid groups (broad SMARTS) is 1. The number of aromatic nitrogens is 1. The number of carboxylic acids is 1. The molecule has 0 bridgehead atoms. The molecule has 6 nitrogen and oxygen atoms in total. The van der Waals surface area contributed by atoms with Crippen molar-refractivity contribution in [3.05, 3.63) is 101 Å². The van der Waals surface area contributed by atoms with Crippen LogP contribution in [-0.2, 0) is 4.74 Å². The molecule has 0 saturated heterocycles. The predicted octanol–water partition coefficient (Wildman–Crippen LogP) is 6.80. The molecule has 1 saturated carbocycles. The lowest BCUT2D eigenvalue weighted by Crippen LogP contribution is -2.16. The first kappa shape index (κ1) is 25.4. The molecule has 38 heavy (non-hydrogen) atoms. The van der Waals surface area contributed by atoms with Crippen molar-refractivity contribution in [1.82, 2.24) is 4.98 Å². The van der Waals surface area contributed by atoms with Crippen molar-refractivity contribution in [2.45, 2.75) is 18.9 Å².